The maximum absolute atomic E-state index is 14.5. The van der Waals surface area contributed by atoms with Gasteiger partial charge < -0.3 is 5.73 Å². The van der Waals surface area contributed by atoms with Crippen molar-refractivity contribution in [3.8, 4) is 0 Å². The summed E-state index contributed by atoms with van der Waals surface area (Å²) in [4.78, 5) is 0. The van der Waals surface area contributed by atoms with Gasteiger partial charge in [0.2, 0.25) is 0 Å². The van der Waals surface area contributed by atoms with Crippen molar-refractivity contribution in [2.24, 2.45) is 0 Å². The number of halogens is 2. The van der Waals surface area contributed by atoms with Crippen molar-refractivity contribution in [3.05, 3.63) is 77.9 Å². The van der Waals surface area contributed by atoms with Crippen LogP contribution in [0, 0.1) is 0 Å². The Kier molecular flexibility index (Phi) is 2.90. The number of hydrogen-bond donors (Lipinski definition) is 1. The molecular weight excluding hydrogens is 256 g/mol. The molecule has 0 aromatic heterocycles. The van der Waals surface area contributed by atoms with Crippen molar-refractivity contribution >= 4 is 16.5 Å². The highest BCUT2D eigenvalue weighted by Gasteiger charge is 2.34. The topological polar surface area (TPSA) is 26.0 Å². The van der Waals surface area contributed by atoms with Crippen LogP contribution < -0.4 is 5.73 Å². The molecule has 0 saturated carbocycles. The van der Waals surface area contributed by atoms with Gasteiger partial charge in [-0.1, -0.05) is 48.5 Å². The molecule has 0 aliphatic rings. The maximum Gasteiger partial charge on any atom is 0.298 e. The summed E-state index contributed by atoms with van der Waals surface area (Å²) < 4.78 is 29.1. The van der Waals surface area contributed by atoms with E-state index in [1.807, 2.05) is 24.3 Å². The van der Waals surface area contributed by atoms with Gasteiger partial charge in [0.1, 0.15) is 0 Å². The molecule has 3 rings (SSSR count). The predicted molar refractivity (Wildman–Crippen MR) is 77.8 cm³/mol. The summed E-state index contributed by atoms with van der Waals surface area (Å²) in [5.74, 6) is -3.06. The van der Waals surface area contributed by atoms with Gasteiger partial charge in [-0.25, -0.2) is 0 Å². The third-order valence-electron chi connectivity index (χ3n) is 3.36. The first kappa shape index (κ1) is 12.6. The number of nitrogen functional groups attached to an aromatic ring is 1. The van der Waals surface area contributed by atoms with E-state index in [4.69, 9.17) is 5.73 Å². The summed E-state index contributed by atoms with van der Waals surface area (Å²) in [5.41, 5.74) is 5.81. The van der Waals surface area contributed by atoms with Gasteiger partial charge in [-0.15, -0.1) is 0 Å². The standard InChI is InChI=1S/C17H13F2N/c18-17(19,14-6-3-7-16(20)11-14)15-9-8-12-4-1-2-5-13(12)10-15/h1-11H,20H2. The summed E-state index contributed by atoms with van der Waals surface area (Å²) in [6.45, 7) is 0. The van der Waals surface area contributed by atoms with Gasteiger partial charge in [-0.05, 0) is 29.0 Å². The highest BCUT2D eigenvalue weighted by atomic mass is 19.3. The quantitative estimate of drug-likeness (QED) is 0.678. The van der Waals surface area contributed by atoms with E-state index in [0.717, 1.165) is 10.8 Å². The molecule has 0 bridgehead atoms. The van der Waals surface area contributed by atoms with Gasteiger partial charge in [0.15, 0.2) is 0 Å². The molecule has 0 aliphatic heterocycles. The molecule has 0 fully saturated rings. The Labute approximate surface area is 115 Å². The highest BCUT2D eigenvalue weighted by molar-refractivity contribution is 5.83. The number of rotatable bonds is 2. The van der Waals surface area contributed by atoms with Crippen LogP contribution in [0.3, 0.4) is 0 Å². The van der Waals surface area contributed by atoms with Crippen LogP contribution in [0.15, 0.2) is 66.7 Å². The molecule has 100 valence electrons. The Morgan fingerprint density at radius 1 is 0.700 bits per heavy atom. The van der Waals surface area contributed by atoms with Crippen LogP contribution in [0.4, 0.5) is 14.5 Å². The Morgan fingerprint density at radius 3 is 2.15 bits per heavy atom. The Bertz CT molecular complexity index is 766. The van der Waals surface area contributed by atoms with Crippen LogP contribution in [0.25, 0.3) is 10.8 Å². The number of nitrogens with two attached hydrogens (primary N) is 1. The van der Waals surface area contributed by atoms with Crippen LogP contribution in [0.5, 0.6) is 0 Å². The molecule has 1 nitrogen and oxygen atoms in total. The van der Waals surface area contributed by atoms with Gasteiger partial charge in [0.25, 0.3) is 5.92 Å². The molecule has 3 aromatic carbocycles. The average molecular weight is 269 g/mol. The number of anilines is 1. The van der Waals surface area contributed by atoms with Gasteiger partial charge in [0.05, 0.1) is 0 Å². The summed E-state index contributed by atoms with van der Waals surface area (Å²) in [5, 5.41) is 1.74. The summed E-state index contributed by atoms with van der Waals surface area (Å²) in [6, 6.07) is 18.0. The number of hydrogen-bond acceptors (Lipinski definition) is 1. The van der Waals surface area contributed by atoms with Crippen molar-refractivity contribution < 1.29 is 8.78 Å². The Hall–Kier alpha value is -2.42. The van der Waals surface area contributed by atoms with E-state index in [9.17, 15) is 8.78 Å². The SMILES string of the molecule is Nc1cccc(C(F)(F)c2ccc3ccccc3c2)c1. The molecule has 0 heterocycles. The average Bonchev–Trinajstić information content (AvgIpc) is 2.46. The van der Waals surface area contributed by atoms with Crippen molar-refractivity contribution in [1.82, 2.24) is 0 Å². The second-order valence-electron chi connectivity index (χ2n) is 4.76. The fourth-order valence-corrected chi connectivity index (χ4v) is 2.29. The fourth-order valence-electron chi connectivity index (χ4n) is 2.29. The van der Waals surface area contributed by atoms with E-state index in [0.29, 0.717) is 5.69 Å². The first-order valence-corrected chi connectivity index (χ1v) is 6.30. The predicted octanol–water partition coefficient (Wildman–Crippen LogP) is 4.56. The van der Waals surface area contributed by atoms with Crippen molar-refractivity contribution in [2.45, 2.75) is 5.92 Å². The normalized spacial score (nSPS) is 11.7. The number of alkyl halides is 2. The number of fused-ring (bicyclic) bond motifs is 1. The molecule has 0 unspecified atom stereocenters. The van der Waals surface area contributed by atoms with E-state index in [2.05, 4.69) is 0 Å². The molecule has 3 aromatic rings. The lowest BCUT2D eigenvalue weighted by Crippen LogP contribution is -2.15. The second kappa shape index (κ2) is 4.60. The lowest BCUT2D eigenvalue weighted by Gasteiger charge is -2.18. The van der Waals surface area contributed by atoms with E-state index in [1.54, 1.807) is 18.2 Å². The van der Waals surface area contributed by atoms with Crippen molar-refractivity contribution in [1.29, 1.82) is 0 Å². The zero-order chi connectivity index (χ0) is 14.2. The molecule has 3 heteroatoms. The van der Waals surface area contributed by atoms with E-state index in [-0.39, 0.29) is 11.1 Å². The van der Waals surface area contributed by atoms with Gasteiger partial charge >= 0.3 is 0 Å². The molecule has 0 amide bonds. The summed E-state index contributed by atoms with van der Waals surface area (Å²) >= 11 is 0. The van der Waals surface area contributed by atoms with Crippen molar-refractivity contribution in [2.75, 3.05) is 5.73 Å². The zero-order valence-electron chi connectivity index (χ0n) is 10.7. The van der Waals surface area contributed by atoms with Gasteiger partial charge in [-0.3, -0.25) is 0 Å². The maximum atomic E-state index is 14.5. The molecule has 0 aliphatic carbocycles. The summed E-state index contributed by atoms with van der Waals surface area (Å²) in [7, 11) is 0. The molecule has 0 spiro atoms. The van der Waals surface area contributed by atoms with Crippen molar-refractivity contribution in [3.63, 3.8) is 0 Å². The first-order chi connectivity index (χ1) is 9.57. The minimum atomic E-state index is -3.06. The second-order valence-corrected chi connectivity index (χ2v) is 4.76. The van der Waals surface area contributed by atoms with Crippen LogP contribution in [-0.4, -0.2) is 0 Å². The highest BCUT2D eigenvalue weighted by Crippen LogP contribution is 2.37. The number of benzene rings is 3. The Balaban J connectivity index is 2.13. The van der Waals surface area contributed by atoms with E-state index in [1.165, 1.54) is 24.3 Å². The smallest absolute Gasteiger partial charge is 0.298 e. The lowest BCUT2D eigenvalue weighted by molar-refractivity contribution is 0.0430. The van der Waals surface area contributed by atoms with Crippen LogP contribution in [0.1, 0.15) is 11.1 Å². The van der Waals surface area contributed by atoms with E-state index < -0.39 is 5.92 Å². The van der Waals surface area contributed by atoms with E-state index >= 15 is 0 Å². The van der Waals surface area contributed by atoms with Gasteiger partial charge in [-0.2, -0.15) is 8.78 Å². The fraction of sp³-hybridized carbons (Fsp3) is 0.0588. The molecule has 0 atom stereocenters. The van der Waals surface area contributed by atoms with Gasteiger partial charge in [0, 0.05) is 16.8 Å². The zero-order valence-corrected chi connectivity index (χ0v) is 10.7. The molecular formula is C17H13F2N. The third-order valence-corrected chi connectivity index (χ3v) is 3.36. The minimum absolute atomic E-state index is 0.0261. The minimum Gasteiger partial charge on any atom is -0.399 e. The van der Waals surface area contributed by atoms with Crippen LogP contribution in [0.2, 0.25) is 0 Å². The largest absolute Gasteiger partial charge is 0.399 e. The monoisotopic (exact) mass is 269 g/mol. The molecule has 2 N–H and O–H groups in total. The molecule has 0 saturated heterocycles. The molecule has 20 heavy (non-hydrogen) atoms. The van der Waals surface area contributed by atoms with Crippen LogP contribution in [-0.2, 0) is 5.92 Å². The first-order valence-electron chi connectivity index (χ1n) is 6.30. The van der Waals surface area contributed by atoms with Crippen LogP contribution >= 0.6 is 0 Å². The molecule has 0 radical (unpaired) electrons. The third kappa shape index (κ3) is 2.11. The lowest BCUT2D eigenvalue weighted by atomic mass is 9.97. The Morgan fingerprint density at radius 2 is 1.40 bits per heavy atom. The summed E-state index contributed by atoms with van der Waals surface area (Å²) in [6.07, 6.45) is 0.